The lowest BCUT2D eigenvalue weighted by atomic mass is 9.97. The Morgan fingerprint density at radius 3 is 2.05 bits per heavy atom. The lowest BCUT2D eigenvalue weighted by molar-refractivity contribution is 0.464. The third-order valence-corrected chi connectivity index (χ3v) is 8.32. The molecule has 1 aromatic carbocycles. The number of hydrogen-bond acceptors (Lipinski definition) is 2. The van der Waals surface area contributed by atoms with Crippen LogP contribution in [-0.2, 0) is 12.8 Å². The molecule has 1 rings (SSSR count). The Balaban J connectivity index is 3.03. The van der Waals surface area contributed by atoms with E-state index in [9.17, 15) is 5.11 Å². The summed E-state index contributed by atoms with van der Waals surface area (Å²) >= 11 is 2.01. The molecule has 21 heavy (non-hydrogen) atoms. The molecule has 1 aromatic rings. The fourth-order valence-electron chi connectivity index (χ4n) is 2.35. The molecule has 0 spiro atoms. The van der Waals surface area contributed by atoms with Gasteiger partial charge in [-0.05, 0) is 54.3 Å². The molecule has 120 valence electrons. The van der Waals surface area contributed by atoms with E-state index in [1.807, 2.05) is 17.8 Å². The van der Waals surface area contributed by atoms with E-state index in [-0.39, 0.29) is 0 Å². The molecule has 0 unspecified atom stereocenters. The Labute approximate surface area is 136 Å². The first-order chi connectivity index (χ1) is 9.89. The summed E-state index contributed by atoms with van der Waals surface area (Å²) in [6.45, 7) is 11.7. The Hall–Kier alpha value is -0.413. The molecule has 0 fully saturated rings. The van der Waals surface area contributed by atoms with Crippen LogP contribution in [0.3, 0.4) is 0 Å². The number of unbranched alkanes of at least 4 members (excludes halogenated alkanes) is 2. The predicted octanol–water partition coefficient (Wildman–Crippen LogP) is 6.05. The van der Waals surface area contributed by atoms with Gasteiger partial charge in [-0.2, -0.15) is 0 Å². The van der Waals surface area contributed by atoms with Crippen LogP contribution in [0.25, 0.3) is 0 Å². The second-order valence-corrected chi connectivity index (χ2v) is 14.1. The van der Waals surface area contributed by atoms with Crippen molar-refractivity contribution < 1.29 is 5.11 Å². The molecule has 0 saturated carbocycles. The smallest absolute Gasteiger partial charge is 0.119 e. The molecule has 0 aromatic heterocycles. The van der Waals surface area contributed by atoms with Crippen LogP contribution < -0.4 is 0 Å². The number of hydrogen-bond donors (Lipinski definition) is 1. The molecule has 0 amide bonds. The first-order valence-electron chi connectivity index (χ1n) is 8.35. The number of thioether (sulfide) groups is 1. The topological polar surface area (TPSA) is 20.2 Å². The second-order valence-electron chi connectivity index (χ2n) is 7.10. The van der Waals surface area contributed by atoms with Gasteiger partial charge in [-0.3, -0.25) is 0 Å². The van der Waals surface area contributed by atoms with Gasteiger partial charge in [-0.15, -0.1) is 11.8 Å². The molecule has 1 nitrogen and oxygen atoms in total. The summed E-state index contributed by atoms with van der Waals surface area (Å²) in [5.41, 5.74) is 2.64. The van der Waals surface area contributed by atoms with E-state index in [0.717, 1.165) is 19.3 Å². The second kappa shape index (κ2) is 8.89. The van der Waals surface area contributed by atoms with Crippen LogP contribution in [0.4, 0.5) is 0 Å². The van der Waals surface area contributed by atoms with E-state index >= 15 is 0 Å². The van der Waals surface area contributed by atoms with Crippen molar-refractivity contribution in [2.75, 3.05) is 5.38 Å². The highest BCUT2D eigenvalue weighted by atomic mass is 32.2. The highest BCUT2D eigenvalue weighted by Crippen LogP contribution is 2.34. The molecule has 0 aliphatic rings. The average Bonchev–Trinajstić information content (AvgIpc) is 2.41. The van der Waals surface area contributed by atoms with E-state index in [1.54, 1.807) is 0 Å². The van der Waals surface area contributed by atoms with Crippen LogP contribution in [0, 0.1) is 0 Å². The summed E-state index contributed by atoms with van der Waals surface area (Å²) in [4.78, 5) is 1.41. The fraction of sp³-hybridized carbons (Fsp3) is 0.667. The lowest BCUT2D eigenvalue weighted by Crippen LogP contribution is -2.23. The minimum atomic E-state index is -1.05. The molecule has 0 atom stereocenters. The summed E-state index contributed by atoms with van der Waals surface area (Å²) in [6, 6.07) is 4.05. The molecule has 0 bridgehead atoms. The standard InChI is InChI=1S/C18H32OSSi/c1-6-8-10-15-16(11-9-7-2)18(13-12-17(15)19)20-14-21(3,4)5/h12-13,19H,6-11,14H2,1-5H3. The summed E-state index contributed by atoms with van der Waals surface area (Å²) in [6.07, 6.45) is 6.89. The number of benzene rings is 1. The van der Waals surface area contributed by atoms with E-state index < -0.39 is 8.07 Å². The van der Waals surface area contributed by atoms with E-state index in [2.05, 4.69) is 39.6 Å². The van der Waals surface area contributed by atoms with Crippen LogP contribution in [0.5, 0.6) is 5.75 Å². The van der Waals surface area contributed by atoms with Crippen molar-refractivity contribution in [2.24, 2.45) is 0 Å². The average molecular weight is 325 g/mol. The first-order valence-corrected chi connectivity index (χ1v) is 13.0. The van der Waals surface area contributed by atoms with Gasteiger partial charge in [0.25, 0.3) is 0 Å². The van der Waals surface area contributed by atoms with Crippen molar-refractivity contribution in [1.29, 1.82) is 0 Å². The zero-order chi connectivity index (χ0) is 15.9. The zero-order valence-corrected chi connectivity index (χ0v) is 16.3. The summed E-state index contributed by atoms with van der Waals surface area (Å²) in [5, 5.41) is 11.5. The van der Waals surface area contributed by atoms with Crippen molar-refractivity contribution in [3.05, 3.63) is 23.3 Å². The highest BCUT2D eigenvalue weighted by molar-refractivity contribution is 8.01. The normalized spacial score (nSPS) is 11.9. The van der Waals surface area contributed by atoms with Gasteiger partial charge in [0.1, 0.15) is 5.75 Å². The third kappa shape index (κ3) is 6.48. The van der Waals surface area contributed by atoms with Gasteiger partial charge in [0, 0.05) is 4.90 Å². The van der Waals surface area contributed by atoms with Gasteiger partial charge in [0.15, 0.2) is 0 Å². The number of rotatable bonds is 9. The molecular formula is C18H32OSSi. The molecule has 0 radical (unpaired) electrons. The summed E-state index contributed by atoms with van der Waals surface area (Å²) in [7, 11) is -1.05. The van der Waals surface area contributed by atoms with Crippen LogP contribution in [-0.4, -0.2) is 18.6 Å². The molecule has 0 aliphatic carbocycles. The molecule has 0 saturated heterocycles. The van der Waals surface area contributed by atoms with Gasteiger partial charge in [-0.1, -0.05) is 46.3 Å². The largest absolute Gasteiger partial charge is 0.508 e. The fourth-order valence-corrected chi connectivity index (χ4v) is 5.27. The first kappa shape index (κ1) is 18.6. The van der Waals surface area contributed by atoms with Gasteiger partial charge in [0.05, 0.1) is 8.07 Å². The van der Waals surface area contributed by atoms with Gasteiger partial charge in [-0.25, -0.2) is 0 Å². The van der Waals surface area contributed by atoms with E-state index in [0.29, 0.717) is 5.75 Å². The summed E-state index contributed by atoms with van der Waals surface area (Å²) < 4.78 is 0. The quantitative estimate of drug-likeness (QED) is 0.441. The highest BCUT2D eigenvalue weighted by Gasteiger charge is 2.17. The van der Waals surface area contributed by atoms with Crippen molar-refractivity contribution in [1.82, 2.24) is 0 Å². The monoisotopic (exact) mass is 324 g/mol. The SMILES string of the molecule is CCCCc1c(O)ccc(SC[Si](C)(C)C)c1CCCC. The minimum Gasteiger partial charge on any atom is -0.508 e. The van der Waals surface area contributed by atoms with Crippen molar-refractivity contribution >= 4 is 19.8 Å². The Morgan fingerprint density at radius 2 is 1.52 bits per heavy atom. The van der Waals surface area contributed by atoms with E-state index in [1.165, 1.54) is 40.7 Å². The molecule has 0 aliphatic heterocycles. The van der Waals surface area contributed by atoms with E-state index in [4.69, 9.17) is 0 Å². The van der Waals surface area contributed by atoms with Gasteiger partial charge < -0.3 is 5.11 Å². The Bertz CT molecular complexity index is 438. The summed E-state index contributed by atoms with van der Waals surface area (Å²) in [5.74, 6) is 0.506. The van der Waals surface area contributed by atoms with Crippen LogP contribution in [0.2, 0.25) is 19.6 Å². The zero-order valence-electron chi connectivity index (χ0n) is 14.5. The van der Waals surface area contributed by atoms with Gasteiger partial charge >= 0.3 is 0 Å². The van der Waals surface area contributed by atoms with Crippen LogP contribution in [0.15, 0.2) is 17.0 Å². The maximum atomic E-state index is 10.3. The number of aromatic hydroxyl groups is 1. The molecule has 1 N–H and O–H groups in total. The number of phenols is 1. The number of phenolic OH excluding ortho intramolecular Hbond substituents is 1. The van der Waals surface area contributed by atoms with Gasteiger partial charge in [0.2, 0.25) is 0 Å². The minimum absolute atomic E-state index is 0.506. The Kier molecular flexibility index (Phi) is 7.89. The predicted molar refractivity (Wildman–Crippen MR) is 99.4 cm³/mol. The maximum Gasteiger partial charge on any atom is 0.119 e. The van der Waals surface area contributed by atoms with Crippen molar-refractivity contribution in [3.8, 4) is 5.75 Å². The molecular weight excluding hydrogens is 292 g/mol. The van der Waals surface area contributed by atoms with Crippen LogP contribution in [0.1, 0.15) is 50.7 Å². The lowest BCUT2D eigenvalue weighted by Gasteiger charge is -2.19. The Morgan fingerprint density at radius 1 is 0.952 bits per heavy atom. The van der Waals surface area contributed by atoms with Crippen molar-refractivity contribution in [2.45, 2.75) is 76.9 Å². The molecule has 0 heterocycles. The van der Waals surface area contributed by atoms with Crippen LogP contribution >= 0.6 is 11.8 Å². The maximum absolute atomic E-state index is 10.3. The molecule has 3 heteroatoms. The van der Waals surface area contributed by atoms with Crippen molar-refractivity contribution in [3.63, 3.8) is 0 Å². The third-order valence-electron chi connectivity index (χ3n) is 3.58.